The summed E-state index contributed by atoms with van der Waals surface area (Å²) in [5.74, 6) is 0. The molecule has 5 heteroatoms. The van der Waals surface area contributed by atoms with E-state index in [4.69, 9.17) is 0 Å². The maximum atomic E-state index is 11.7. The molecular formula is C14H17N3O2. The Morgan fingerprint density at radius 3 is 2.37 bits per heavy atom. The van der Waals surface area contributed by atoms with Crippen molar-refractivity contribution in [1.29, 1.82) is 0 Å². The monoisotopic (exact) mass is 259 g/mol. The molecule has 1 aromatic carbocycles. The molecule has 0 atom stereocenters. The Labute approximate surface area is 111 Å². The van der Waals surface area contributed by atoms with Gasteiger partial charge in [0.05, 0.1) is 0 Å². The van der Waals surface area contributed by atoms with Crippen LogP contribution in [0.2, 0.25) is 0 Å². The predicted molar refractivity (Wildman–Crippen MR) is 73.9 cm³/mol. The van der Waals surface area contributed by atoms with Crippen LogP contribution in [-0.2, 0) is 27.2 Å². The summed E-state index contributed by atoms with van der Waals surface area (Å²) in [6.07, 6.45) is 0. The van der Waals surface area contributed by atoms with Crippen molar-refractivity contribution < 1.29 is 0 Å². The van der Waals surface area contributed by atoms with E-state index >= 15 is 0 Å². The predicted octanol–water partition coefficient (Wildman–Crippen LogP) is 0.374. The van der Waals surface area contributed by atoms with Crippen molar-refractivity contribution in [2.45, 2.75) is 13.1 Å². The number of nitrogens with one attached hydrogen (secondary N) is 1. The molecular weight excluding hydrogens is 242 g/mol. The molecule has 2 rings (SSSR count). The van der Waals surface area contributed by atoms with Gasteiger partial charge >= 0.3 is 5.69 Å². The molecule has 19 heavy (non-hydrogen) atoms. The zero-order chi connectivity index (χ0) is 13.8. The highest BCUT2D eigenvalue weighted by Crippen LogP contribution is 1.98. The van der Waals surface area contributed by atoms with Crippen LogP contribution < -0.4 is 16.6 Å². The molecule has 0 aliphatic carbocycles. The van der Waals surface area contributed by atoms with Crippen LogP contribution in [0.5, 0.6) is 0 Å². The Bertz CT molecular complexity index is 671. The first-order chi connectivity index (χ1) is 9.09. The summed E-state index contributed by atoms with van der Waals surface area (Å²) in [6, 6.07) is 11.5. The van der Waals surface area contributed by atoms with Gasteiger partial charge in [-0.3, -0.25) is 13.9 Å². The van der Waals surface area contributed by atoms with Gasteiger partial charge in [-0.15, -0.1) is 0 Å². The van der Waals surface area contributed by atoms with Crippen LogP contribution in [-0.4, -0.2) is 9.13 Å². The number of rotatable bonds is 4. The lowest BCUT2D eigenvalue weighted by Gasteiger charge is -2.10. The van der Waals surface area contributed by atoms with Crippen LogP contribution in [0.3, 0.4) is 0 Å². The highest BCUT2D eigenvalue weighted by atomic mass is 16.2. The van der Waals surface area contributed by atoms with Crippen LogP contribution in [0.15, 0.2) is 46.0 Å². The summed E-state index contributed by atoms with van der Waals surface area (Å²) in [6.45, 7) is 1.18. The van der Waals surface area contributed by atoms with E-state index in [1.807, 2.05) is 30.3 Å². The molecule has 0 aliphatic rings. The number of hydrogen-bond acceptors (Lipinski definition) is 3. The molecule has 1 heterocycles. The zero-order valence-corrected chi connectivity index (χ0v) is 11.1. The number of benzene rings is 1. The fourth-order valence-electron chi connectivity index (χ4n) is 1.88. The Kier molecular flexibility index (Phi) is 3.97. The van der Waals surface area contributed by atoms with Crippen molar-refractivity contribution in [3.63, 3.8) is 0 Å². The molecule has 0 amide bonds. The van der Waals surface area contributed by atoms with Gasteiger partial charge < -0.3 is 5.32 Å². The van der Waals surface area contributed by atoms with E-state index in [1.165, 1.54) is 17.7 Å². The standard InChI is InChI=1S/C14H17N3O2/c1-16-12(8-13(18)17(2)14(16)19)10-15-9-11-6-4-3-5-7-11/h3-8,15H,9-10H2,1-2H3. The molecule has 2 aromatic rings. The Morgan fingerprint density at radius 1 is 1.00 bits per heavy atom. The van der Waals surface area contributed by atoms with Crippen molar-refractivity contribution in [1.82, 2.24) is 14.5 Å². The van der Waals surface area contributed by atoms with Gasteiger partial charge in [0.15, 0.2) is 0 Å². The third kappa shape index (κ3) is 3.00. The van der Waals surface area contributed by atoms with Crippen molar-refractivity contribution in [3.8, 4) is 0 Å². The third-order valence-electron chi connectivity index (χ3n) is 3.10. The molecule has 0 radical (unpaired) electrons. The molecule has 5 nitrogen and oxygen atoms in total. The smallest absolute Gasteiger partial charge is 0.307 e. The summed E-state index contributed by atoms with van der Waals surface area (Å²) in [4.78, 5) is 23.3. The largest absolute Gasteiger partial charge is 0.330 e. The van der Waals surface area contributed by atoms with Crippen LogP contribution in [0, 0.1) is 0 Å². The molecule has 0 bridgehead atoms. The fourth-order valence-corrected chi connectivity index (χ4v) is 1.88. The minimum atomic E-state index is -0.302. The normalized spacial score (nSPS) is 10.6. The van der Waals surface area contributed by atoms with Gasteiger partial charge in [-0.05, 0) is 5.56 Å². The van der Waals surface area contributed by atoms with Gasteiger partial charge in [-0.1, -0.05) is 30.3 Å². The van der Waals surface area contributed by atoms with Gasteiger partial charge in [0.25, 0.3) is 5.56 Å². The van der Waals surface area contributed by atoms with E-state index in [-0.39, 0.29) is 11.2 Å². The molecule has 0 saturated carbocycles. The lowest BCUT2D eigenvalue weighted by atomic mass is 10.2. The lowest BCUT2D eigenvalue weighted by Crippen LogP contribution is -2.38. The van der Waals surface area contributed by atoms with Crippen LogP contribution >= 0.6 is 0 Å². The molecule has 0 aliphatic heterocycles. The second-order valence-corrected chi connectivity index (χ2v) is 4.46. The summed E-state index contributed by atoms with van der Waals surface area (Å²) >= 11 is 0. The van der Waals surface area contributed by atoms with E-state index < -0.39 is 0 Å². The Morgan fingerprint density at radius 2 is 1.68 bits per heavy atom. The zero-order valence-electron chi connectivity index (χ0n) is 11.1. The summed E-state index contributed by atoms with van der Waals surface area (Å²) < 4.78 is 2.58. The average Bonchev–Trinajstić information content (AvgIpc) is 2.43. The summed E-state index contributed by atoms with van der Waals surface area (Å²) in [5.41, 5.74) is 1.27. The molecule has 1 aromatic heterocycles. The quantitative estimate of drug-likeness (QED) is 0.863. The number of hydrogen-bond donors (Lipinski definition) is 1. The summed E-state index contributed by atoms with van der Waals surface area (Å²) in [5, 5.41) is 3.22. The van der Waals surface area contributed by atoms with Crippen molar-refractivity contribution in [2.75, 3.05) is 0 Å². The maximum Gasteiger partial charge on any atom is 0.330 e. The van der Waals surface area contributed by atoms with Crippen LogP contribution in [0.4, 0.5) is 0 Å². The van der Waals surface area contributed by atoms with Crippen molar-refractivity contribution in [2.24, 2.45) is 14.1 Å². The molecule has 100 valence electrons. The molecule has 0 spiro atoms. The van der Waals surface area contributed by atoms with Gasteiger partial charge in [0.1, 0.15) is 0 Å². The highest BCUT2D eigenvalue weighted by Gasteiger charge is 2.05. The fraction of sp³-hybridized carbons (Fsp3) is 0.286. The molecule has 0 saturated heterocycles. The van der Waals surface area contributed by atoms with E-state index in [1.54, 1.807) is 7.05 Å². The minimum absolute atomic E-state index is 0.278. The second kappa shape index (κ2) is 5.67. The minimum Gasteiger partial charge on any atom is -0.307 e. The topological polar surface area (TPSA) is 56.0 Å². The van der Waals surface area contributed by atoms with E-state index in [2.05, 4.69) is 5.32 Å². The Balaban J connectivity index is 2.09. The second-order valence-electron chi connectivity index (χ2n) is 4.46. The van der Waals surface area contributed by atoms with Gasteiger partial charge in [-0.25, -0.2) is 4.79 Å². The lowest BCUT2D eigenvalue weighted by molar-refractivity contribution is 0.601. The Hall–Kier alpha value is -2.14. The van der Waals surface area contributed by atoms with E-state index in [9.17, 15) is 9.59 Å². The van der Waals surface area contributed by atoms with Crippen molar-refractivity contribution >= 4 is 0 Å². The van der Waals surface area contributed by atoms with Gasteiger partial charge in [0, 0.05) is 38.9 Å². The van der Waals surface area contributed by atoms with Gasteiger partial charge in [-0.2, -0.15) is 0 Å². The third-order valence-corrected chi connectivity index (χ3v) is 3.10. The highest BCUT2D eigenvalue weighted by molar-refractivity contribution is 5.14. The van der Waals surface area contributed by atoms with E-state index in [0.29, 0.717) is 18.8 Å². The molecule has 1 N–H and O–H groups in total. The first-order valence-electron chi connectivity index (χ1n) is 6.10. The molecule has 0 unspecified atom stereocenters. The SMILES string of the molecule is Cn1c(CNCc2ccccc2)cc(=O)n(C)c1=O. The van der Waals surface area contributed by atoms with Gasteiger partial charge in [0.2, 0.25) is 0 Å². The van der Waals surface area contributed by atoms with E-state index in [0.717, 1.165) is 10.1 Å². The number of nitrogens with zero attached hydrogens (tertiary/aromatic N) is 2. The first kappa shape index (κ1) is 13.3. The first-order valence-corrected chi connectivity index (χ1v) is 6.10. The number of aromatic nitrogens is 2. The maximum absolute atomic E-state index is 11.7. The summed E-state index contributed by atoms with van der Waals surface area (Å²) in [7, 11) is 3.15. The van der Waals surface area contributed by atoms with Crippen LogP contribution in [0.1, 0.15) is 11.3 Å². The molecule has 0 fully saturated rings. The van der Waals surface area contributed by atoms with Crippen LogP contribution in [0.25, 0.3) is 0 Å². The van der Waals surface area contributed by atoms with Crippen molar-refractivity contribution in [3.05, 3.63) is 68.5 Å². The average molecular weight is 259 g/mol.